The minimum Gasteiger partial charge on any atom is -0.389 e. The predicted molar refractivity (Wildman–Crippen MR) is 78.6 cm³/mol. The highest BCUT2D eigenvalue weighted by molar-refractivity contribution is 5.23. The summed E-state index contributed by atoms with van der Waals surface area (Å²) in [5.41, 5.74) is 3.44. The van der Waals surface area contributed by atoms with Gasteiger partial charge in [0.1, 0.15) is 0 Å². The van der Waals surface area contributed by atoms with E-state index in [1.165, 1.54) is 24.1 Å². The molecule has 1 heterocycles. The van der Waals surface area contributed by atoms with Crippen molar-refractivity contribution in [3.63, 3.8) is 0 Å². The van der Waals surface area contributed by atoms with Crippen molar-refractivity contribution in [2.45, 2.75) is 58.3 Å². The summed E-state index contributed by atoms with van der Waals surface area (Å²) in [6, 6.07) is 0. The Bertz CT molecular complexity index is 425. The number of nitrogens with zero attached hydrogens (tertiary/aromatic N) is 2. The minimum absolute atomic E-state index is 0.368. The third-order valence-corrected chi connectivity index (χ3v) is 4.17. The number of aliphatic hydroxyl groups excluding tert-OH is 1. The number of aryl methyl sites for hydroxylation is 2. The number of rotatable bonds is 7. The van der Waals surface area contributed by atoms with E-state index in [9.17, 15) is 5.11 Å². The van der Waals surface area contributed by atoms with Crippen LogP contribution in [0, 0.1) is 13.8 Å². The molecule has 20 heavy (non-hydrogen) atoms. The summed E-state index contributed by atoms with van der Waals surface area (Å²) in [5, 5.41) is 17.6. The fourth-order valence-corrected chi connectivity index (χ4v) is 2.80. The largest absolute Gasteiger partial charge is 0.389 e. The van der Waals surface area contributed by atoms with E-state index in [4.69, 9.17) is 4.74 Å². The maximum Gasteiger partial charge on any atom is 0.0897 e. The molecule has 0 bridgehead atoms. The van der Waals surface area contributed by atoms with Gasteiger partial charge in [0.15, 0.2) is 0 Å². The molecular weight excluding hydrogens is 254 g/mol. The fraction of sp³-hybridized carbons (Fsp3) is 0.800. The first-order valence-corrected chi connectivity index (χ1v) is 7.57. The first-order chi connectivity index (χ1) is 9.58. The SMILES string of the molecule is Cc1nn(C)c(C)c1CNCC(O)COC1CCCC1. The summed E-state index contributed by atoms with van der Waals surface area (Å²) < 4.78 is 7.61. The third-order valence-electron chi connectivity index (χ3n) is 4.17. The van der Waals surface area contributed by atoms with Crippen molar-refractivity contribution in [3.8, 4) is 0 Å². The van der Waals surface area contributed by atoms with Gasteiger partial charge in [0, 0.05) is 31.4 Å². The zero-order valence-electron chi connectivity index (χ0n) is 12.9. The Hall–Kier alpha value is -0.910. The second kappa shape index (κ2) is 7.20. The third kappa shape index (κ3) is 4.04. The Morgan fingerprint density at radius 2 is 2.10 bits per heavy atom. The molecule has 0 aromatic carbocycles. The van der Waals surface area contributed by atoms with Gasteiger partial charge in [-0.1, -0.05) is 12.8 Å². The Balaban J connectivity index is 1.66. The summed E-state index contributed by atoms with van der Waals surface area (Å²) in [7, 11) is 1.95. The molecule has 1 aliphatic rings. The van der Waals surface area contributed by atoms with E-state index in [2.05, 4.69) is 17.3 Å². The van der Waals surface area contributed by atoms with E-state index >= 15 is 0 Å². The maximum atomic E-state index is 9.92. The van der Waals surface area contributed by atoms with Crippen molar-refractivity contribution in [2.24, 2.45) is 7.05 Å². The summed E-state index contributed by atoms with van der Waals surface area (Å²) in [5.74, 6) is 0. The summed E-state index contributed by atoms with van der Waals surface area (Å²) in [6.45, 7) is 5.81. The monoisotopic (exact) mass is 281 g/mol. The van der Waals surface area contributed by atoms with Crippen LogP contribution in [0.5, 0.6) is 0 Å². The van der Waals surface area contributed by atoms with Gasteiger partial charge in [-0.25, -0.2) is 0 Å². The Kier molecular flexibility index (Phi) is 5.57. The quantitative estimate of drug-likeness (QED) is 0.794. The zero-order chi connectivity index (χ0) is 14.5. The van der Waals surface area contributed by atoms with Gasteiger partial charge in [0.05, 0.1) is 24.5 Å². The van der Waals surface area contributed by atoms with E-state index in [0.717, 1.165) is 25.1 Å². The Morgan fingerprint density at radius 3 is 2.70 bits per heavy atom. The van der Waals surface area contributed by atoms with E-state index in [0.29, 0.717) is 19.3 Å². The van der Waals surface area contributed by atoms with Gasteiger partial charge in [-0.05, 0) is 26.7 Å². The molecule has 2 rings (SSSR count). The molecule has 1 unspecified atom stereocenters. The first-order valence-electron chi connectivity index (χ1n) is 7.57. The molecule has 114 valence electrons. The lowest BCUT2D eigenvalue weighted by atomic mass is 10.2. The van der Waals surface area contributed by atoms with Crippen molar-refractivity contribution in [1.29, 1.82) is 0 Å². The molecule has 2 N–H and O–H groups in total. The van der Waals surface area contributed by atoms with Crippen LogP contribution in [0.1, 0.15) is 42.6 Å². The lowest BCUT2D eigenvalue weighted by Gasteiger charge is -2.16. The Labute approximate surface area is 121 Å². The fourth-order valence-electron chi connectivity index (χ4n) is 2.80. The summed E-state index contributed by atoms with van der Waals surface area (Å²) in [6.07, 6.45) is 4.75. The molecule has 1 aliphatic carbocycles. The second-order valence-corrected chi connectivity index (χ2v) is 5.80. The molecule has 0 radical (unpaired) electrons. The molecule has 5 heteroatoms. The number of aliphatic hydroxyl groups is 1. The van der Waals surface area contributed by atoms with Crippen LogP contribution in [0.4, 0.5) is 0 Å². The highest BCUT2D eigenvalue weighted by atomic mass is 16.5. The molecular formula is C15H27N3O2. The first kappa shape index (κ1) is 15.5. The van der Waals surface area contributed by atoms with Crippen molar-refractivity contribution in [1.82, 2.24) is 15.1 Å². The molecule has 0 aliphatic heterocycles. The minimum atomic E-state index is -0.437. The van der Waals surface area contributed by atoms with Gasteiger partial charge in [-0.15, -0.1) is 0 Å². The van der Waals surface area contributed by atoms with Crippen molar-refractivity contribution < 1.29 is 9.84 Å². The molecule has 1 aromatic rings. The molecule has 0 amide bonds. The van der Waals surface area contributed by atoms with E-state index in [1.807, 2.05) is 18.7 Å². The number of nitrogens with one attached hydrogen (secondary N) is 1. The van der Waals surface area contributed by atoms with Gasteiger partial charge in [-0.2, -0.15) is 5.10 Å². The van der Waals surface area contributed by atoms with Gasteiger partial charge in [0.25, 0.3) is 0 Å². The lowest BCUT2D eigenvalue weighted by molar-refractivity contribution is -0.00550. The molecule has 1 fully saturated rings. The highest BCUT2D eigenvalue weighted by Gasteiger charge is 2.17. The standard InChI is InChI=1S/C15H27N3O2/c1-11-15(12(2)18(3)17-11)9-16-8-13(19)10-20-14-6-4-5-7-14/h13-14,16,19H,4-10H2,1-3H3. The summed E-state index contributed by atoms with van der Waals surface area (Å²) >= 11 is 0. The average molecular weight is 281 g/mol. The molecule has 0 spiro atoms. The van der Waals surface area contributed by atoms with Crippen molar-refractivity contribution in [2.75, 3.05) is 13.2 Å². The summed E-state index contributed by atoms with van der Waals surface area (Å²) in [4.78, 5) is 0. The van der Waals surface area contributed by atoms with Gasteiger partial charge < -0.3 is 15.2 Å². The van der Waals surface area contributed by atoms with E-state index in [-0.39, 0.29) is 0 Å². The van der Waals surface area contributed by atoms with Gasteiger partial charge in [-0.3, -0.25) is 4.68 Å². The molecule has 0 saturated heterocycles. The van der Waals surface area contributed by atoms with Crippen LogP contribution in [0.2, 0.25) is 0 Å². The topological polar surface area (TPSA) is 59.3 Å². The normalized spacial score (nSPS) is 17.8. The van der Waals surface area contributed by atoms with E-state index < -0.39 is 6.10 Å². The molecule has 1 atom stereocenters. The van der Waals surface area contributed by atoms with E-state index in [1.54, 1.807) is 0 Å². The smallest absolute Gasteiger partial charge is 0.0897 e. The number of aromatic nitrogens is 2. The highest BCUT2D eigenvalue weighted by Crippen LogP contribution is 2.20. The molecule has 5 nitrogen and oxygen atoms in total. The van der Waals surface area contributed by atoms with Crippen LogP contribution in [-0.4, -0.2) is 40.2 Å². The molecule has 1 aromatic heterocycles. The predicted octanol–water partition coefficient (Wildman–Crippen LogP) is 1.45. The van der Waals surface area contributed by atoms with Crippen molar-refractivity contribution in [3.05, 3.63) is 17.0 Å². The zero-order valence-corrected chi connectivity index (χ0v) is 12.9. The van der Waals surface area contributed by atoms with Crippen molar-refractivity contribution >= 4 is 0 Å². The number of ether oxygens (including phenoxy) is 1. The van der Waals surface area contributed by atoms with Gasteiger partial charge in [0.2, 0.25) is 0 Å². The average Bonchev–Trinajstić information content (AvgIpc) is 3.00. The maximum absolute atomic E-state index is 9.92. The Morgan fingerprint density at radius 1 is 1.40 bits per heavy atom. The van der Waals surface area contributed by atoms with Crippen LogP contribution in [0.3, 0.4) is 0 Å². The van der Waals surface area contributed by atoms with Crippen LogP contribution in [0.15, 0.2) is 0 Å². The van der Waals surface area contributed by atoms with Crippen LogP contribution in [0.25, 0.3) is 0 Å². The van der Waals surface area contributed by atoms with Gasteiger partial charge >= 0.3 is 0 Å². The second-order valence-electron chi connectivity index (χ2n) is 5.80. The van der Waals surface area contributed by atoms with Crippen LogP contribution in [-0.2, 0) is 18.3 Å². The molecule has 1 saturated carbocycles. The van der Waals surface area contributed by atoms with Crippen LogP contribution >= 0.6 is 0 Å². The number of hydrogen-bond acceptors (Lipinski definition) is 4. The number of hydrogen-bond donors (Lipinski definition) is 2. The lowest BCUT2D eigenvalue weighted by Crippen LogP contribution is -2.31. The van der Waals surface area contributed by atoms with Crippen LogP contribution < -0.4 is 5.32 Å².